The van der Waals surface area contributed by atoms with Crippen LogP contribution in [0.25, 0.3) is 0 Å². The average molecular weight is 196 g/mol. The molecule has 80 valence electrons. The smallest absolute Gasteiger partial charge is 0.0594 e. The highest BCUT2D eigenvalue weighted by atomic mass is 16.5. The molecule has 1 saturated heterocycles. The van der Waals surface area contributed by atoms with Crippen LogP contribution in [0, 0.1) is 11.8 Å². The second-order valence-corrected chi connectivity index (χ2v) is 5.02. The maximum absolute atomic E-state index is 6.07. The fourth-order valence-corrected chi connectivity index (χ4v) is 3.32. The van der Waals surface area contributed by atoms with Gasteiger partial charge in [-0.2, -0.15) is 0 Å². The number of nitrogens with zero attached hydrogens (tertiary/aromatic N) is 1. The zero-order valence-corrected chi connectivity index (χ0v) is 8.69. The highest BCUT2D eigenvalue weighted by Crippen LogP contribution is 2.50. The van der Waals surface area contributed by atoms with Gasteiger partial charge in [-0.25, -0.2) is 0 Å². The standard InChI is InChI=1S/C11H20N2O/c12-10-1-2-11(9-7-8(9)10)13-3-5-14-6-4-13/h8-11H,1-7,12H2. The van der Waals surface area contributed by atoms with E-state index in [0.29, 0.717) is 6.04 Å². The summed E-state index contributed by atoms with van der Waals surface area (Å²) in [6, 6.07) is 1.35. The van der Waals surface area contributed by atoms with Crippen LogP contribution in [0.1, 0.15) is 19.3 Å². The van der Waals surface area contributed by atoms with Gasteiger partial charge in [0.2, 0.25) is 0 Å². The second kappa shape index (κ2) is 3.47. The molecule has 2 N–H and O–H groups in total. The summed E-state index contributed by atoms with van der Waals surface area (Å²) in [5.74, 6) is 1.79. The van der Waals surface area contributed by atoms with E-state index in [-0.39, 0.29) is 0 Å². The lowest BCUT2D eigenvalue weighted by molar-refractivity contribution is 0.00367. The van der Waals surface area contributed by atoms with Crippen LogP contribution in [0.2, 0.25) is 0 Å². The molecule has 14 heavy (non-hydrogen) atoms. The van der Waals surface area contributed by atoms with Crippen LogP contribution in [0.15, 0.2) is 0 Å². The zero-order valence-electron chi connectivity index (χ0n) is 8.69. The Bertz CT molecular complexity index is 215. The van der Waals surface area contributed by atoms with E-state index < -0.39 is 0 Å². The molecular formula is C11H20N2O. The summed E-state index contributed by atoms with van der Waals surface area (Å²) < 4.78 is 5.39. The molecule has 0 bridgehead atoms. The third-order valence-corrected chi connectivity index (χ3v) is 4.25. The molecule has 3 heteroatoms. The largest absolute Gasteiger partial charge is 0.379 e. The van der Waals surface area contributed by atoms with Gasteiger partial charge in [-0.05, 0) is 31.1 Å². The first kappa shape index (κ1) is 9.13. The topological polar surface area (TPSA) is 38.5 Å². The highest BCUT2D eigenvalue weighted by molar-refractivity contribution is 5.04. The van der Waals surface area contributed by atoms with Crippen molar-refractivity contribution < 1.29 is 4.74 Å². The average Bonchev–Trinajstić information content (AvgIpc) is 3.00. The summed E-state index contributed by atoms with van der Waals surface area (Å²) in [7, 11) is 0. The molecule has 2 aliphatic carbocycles. The molecule has 1 aliphatic heterocycles. The van der Waals surface area contributed by atoms with Crippen LogP contribution in [0.4, 0.5) is 0 Å². The Morgan fingerprint density at radius 2 is 1.86 bits per heavy atom. The molecule has 3 aliphatic rings. The Labute approximate surface area is 85.6 Å². The summed E-state index contributed by atoms with van der Waals surface area (Å²) in [5, 5.41) is 0. The molecule has 3 fully saturated rings. The SMILES string of the molecule is NC1CCC(N2CCOCC2)C2CC12. The first-order valence-corrected chi connectivity index (χ1v) is 5.93. The molecule has 3 nitrogen and oxygen atoms in total. The van der Waals surface area contributed by atoms with Crippen LogP contribution in [-0.2, 0) is 4.74 Å². The van der Waals surface area contributed by atoms with Gasteiger partial charge >= 0.3 is 0 Å². The van der Waals surface area contributed by atoms with Crippen molar-refractivity contribution in [1.82, 2.24) is 4.90 Å². The Morgan fingerprint density at radius 1 is 1.07 bits per heavy atom. The Morgan fingerprint density at radius 3 is 2.64 bits per heavy atom. The molecular weight excluding hydrogens is 176 g/mol. The van der Waals surface area contributed by atoms with Crippen LogP contribution in [0.5, 0.6) is 0 Å². The van der Waals surface area contributed by atoms with Crippen molar-refractivity contribution in [3.63, 3.8) is 0 Å². The van der Waals surface area contributed by atoms with Crippen molar-refractivity contribution >= 4 is 0 Å². The third kappa shape index (κ3) is 1.47. The molecule has 0 spiro atoms. The van der Waals surface area contributed by atoms with E-state index in [9.17, 15) is 0 Å². The molecule has 0 amide bonds. The lowest BCUT2D eigenvalue weighted by Crippen LogP contribution is -2.47. The minimum atomic E-state index is 0.511. The Balaban J connectivity index is 1.62. The molecule has 2 saturated carbocycles. The van der Waals surface area contributed by atoms with Gasteiger partial charge in [0.05, 0.1) is 13.2 Å². The predicted octanol–water partition coefficient (Wildman–Crippen LogP) is 0.444. The molecule has 3 rings (SSSR count). The van der Waals surface area contributed by atoms with Crippen LogP contribution in [-0.4, -0.2) is 43.3 Å². The number of hydrogen-bond acceptors (Lipinski definition) is 3. The van der Waals surface area contributed by atoms with Gasteiger partial charge in [0.25, 0.3) is 0 Å². The Hall–Kier alpha value is -0.120. The van der Waals surface area contributed by atoms with E-state index in [1.165, 1.54) is 19.3 Å². The Kier molecular flexibility index (Phi) is 2.26. The maximum atomic E-state index is 6.07. The van der Waals surface area contributed by atoms with Crippen LogP contribution >= 0.6 is 0 Å². The van der Waals surface area contributed by atoms with Gasteiger partial charge in [-0.1, -0.05) is 0 Å². The number of nitrogens with two attached hydrogens (primary N) is 1. The highest BCUT2D eigenvalue weighted by Gasteiger charge is 2.50. The molecule has 4 unspecified atom stereocenters. The molecule has 0 aromatic rings. The first-order valence-electron chi connectivity index (χ1n) is 5.93. The number of hydrogen-bond donors (Lipinski definition) is 1. The normalized spacial score (nSPS) is 48.6. The van der Waals surface area contributed by atoms with Crippen molar-refractivity contribution in [3.05, 3.63) is 0 Å². The summed E-state index contributed by atoms with van der Waals surface area (Å²) in [6.45, 7) is 4.14. The van der Waals surface area contributed by atoms with E-state index in [0.717, 1.165) is 44.2 Å². The summed E-state index contributed by atoms with van der Waals surface area (Å²) in [5.41, 5.74) is 6.07. The quantitative estimate of drug-likeness (QED) is 0.661. The van der Waals surface area contributed by atoms with Gasteiger partial charge in [0, 0.05) is 25.2 Å². The van der Waals surface area contributed by atoms with Gasteiger partial charge in [0.15, 0.2) is 0 Å². The van der Waals surface area contributed by atoms with Crippen LogP contribution in [0.3, 0.4) is 0 Å². The zero-order chi connectivity index (χ0) is 9.54. The van der Waals surface area contributed by atoms with Crippen molar-refractivity contribution in [2.75, 3.05) is 26.3 Å². The molecule has 0 radical (unpaired) electrons. The van der Waals surface area contributed by atoms with Gasteiger partial charge < -0.3 is 10.5 Å². The molecule has 0 aromatic heterocycles. The van der Waals surface area contributed by atoms with E-state index >= 15 is 0 Å². The number of morpholine rings is 1. The summed E-state index contributed by atoms with van der Waals surface area (Å²) >= 11 is 0. The van der Waals surface area contributed by atoms with Crippen LogP contribution < -0.4 is 5.73 Å². The second-order valence-electron chi connectivity index (χ2n) is 5.02. The number of ether oxygens (including phenoxy) is 1. The van der Waals surface area contributed by atoms with E-state index in [1.54, 1.807) is 0 Å². The van der Waals surface area contributed by atoms with Crippen molar-refractivity contribution in [1.29, 1.82) is 0 Å². The third-order valence-electron chi connectivity index (χ3n) is 4.25. The fourth-order valence-electron chi connectivity index (χ4n) is 3.32. The predicted molar refractivity (Wildman–Crippen MR) is 55.0 cm³/mol. The lowest BCUT2D eigenvalue weighted by atomic mass is 9.90. The molecule has 0 aromatic carbocycles. The van der Waals surface area contributed by atoms with Crippen molar-refractivity contribution in [2.24, 2.45) is 17.6 Å². The number of rotatable bonds is 1. The van der Waals surface area contributed by atoms with E-state index in [4.69, 9.17) is 10.5 Å². The van der Waals surface area contributed by atoms with E-state index in [2.05, 4.69) is 4.90 Å². The van der Waals surface area contributed by atoms with Gasteiger partial charge in [-0.15, -0.1) is 0 Å². The first-order chi connectivity index (χ1) is 6.86. The molecule has 4 atom stereocenters. The monoisotopic (exact) mass is 196 g/mol. The lowest BCUT2D eigenvalue weighted by Gasteiger charge is -2.37. The van der Waals surface area contributed by atoms with E-state index in [1.807, 2.05) is 0 Å². The number of fused-ring (bicyclic) bond motifs is 1. The van der Waals surface area contributed by atoms with Gasteiger partial charge in [0.1, 0.15) is 0 Å². The minimum Gasteiger partial charge on any atom is -0.379 e. The summed E-state index contributed by atoms with van der Waals surface area (Å²) in [4.78, 5) is 2.64. The van der Waals surface area contributed by atoms with Crippen molar-refractivity contribution in [2.45, 2.75) is 31.3 Å². The summed E-state index contributed by atoms with van der Waals surface area (Å²) in [6.07, 6.45) is 3.95. The maximum Gasteiger partial charge on any atom is 0.0594 e. The molecule has 1 heterocycles. The van der Waals surface area contributed by atoms with Crippen molar-refractivity contribution in [3.8, 4) is 0 Å². The minimum absolute atomic E-state index is 0.511. The van der Waals surface area contributed by atoms with Gasteiger partial charge in [-0.3, -0.25) is 4.90 Å². The fraction of sp³-hybridized carbons (Fsp3) is 1.00.